The number of nitrogens with zero attached hydrogens (tertiary/aromatic N) is 1. The molecule has 105 valence electrons. The van der Waals surface area contributed by atoms with E-state index in [1.807, 2.05) is 42.6 Å². The summed E-state index contributed by atoms with van der Waals surface area (Å²) < 4.78 is 5.69. The summed E-state index contributed by atoms with van der Waals surface area (Å²) in [6.07, 6.45) is 2.94. The average molecular weight is 294 g/mol. The van der Waals surface area contributed by atoms with E-state index in [4.69, 9.17) is 4.74 Å². The van der Waals surface area contributed by atoms with Crippen molar-refractivity contribution in [2.24, 2.45) is 0 Å². The second-order valence-corrected chi connectivity index (χ2v) is 5.73. The Morgan fingerprint density at radius 1 is 1.14 bits per heavy atom. The monoisotopic (exact) mass is 294 g/mol. The van der Waals surface area contributed by atoms with E-state index in [1.54, 1.807) is 11.3 Å². The van der Waals surface area contributed by atoms with Gasteiger partial charge < -0.3 is 4.74 Å². The Labute approximate surface area is 129 Å². The average Bonchev–Trinajstić information content (AvgIpc) is 3.04. The Morgan fingerprint density at radius 3 is 2.81 bits per heavy atom. The minimum Gasteiger partial charge on any atom is -0.494 e. The zero-order valence-corrected chi connectivity index (χ0v) is 12.7. The van der Waals surface area contributed by atoms with Gasteiger partial charge in [-0.1, -0.05) is 43.3 Å². The highest BCUT2D eigenvalue weighted by Crippen LogP contribution is 2.33. The van der Waals surface area contributed by atoms with Crippen LogP contribution in [0.5, 0.6) is 5.75 Å². The van der Waals surface area contributed by atoms with Crippen LogP contribution in [0, 0.1) is 6.07 Å². The summed E-state index contributed by atoms with van der Waals surface area (Å²) in [6, 6.07) is 19.1. The van der Waals surface area contributed by atoms with Crippen LogP contribution in [0.15, 0.2) is 54.7 Å². The van der Waals surface area contributed by atoms with E-state index in [0.29, 0.717) is 0 Å². The van der Waals surface area contributed by atoms with Crippen LogP contribution >= 0.6 is 11.3 Å². The zero-order chi connectivity index (χ0) is 14.5. The molecule has 3 rings (SSSR count). The molecule has 2 aromatic carbocycles. The summed E-state index contributed by atoms with van der Waals surface area (Å²) in [5, 5.41) is 1.03. The third-order valence-corrected chi connectivity index (χ3v) is 4.16. The molecule has 1 heterocycles. The molecular weight excluding hydrogens is 278 g/mol. The quantitative estimate of drug-likeness (QED) is 0.655. The van der Waals surface area contributed by atoms with Crippen LogP contribution in [0.1, 0.15) is 13.3 Å². The molecule has 0 bridgehead atoms. The first kappa shape index (κ1) is 13.8. The van der Waals surface area contributed by atoms with E-state index in [1.165, 1.54) is 0 Å². The van der Waals surface area contributed by atoms with E-state index < -0.39 is 0 Å². The molecule has 21 heavy (non-hydrogen) atoms. The Morgan fingerprint density at radius 2 is 2.00 bits per heavy atom. The van der Waals surface area contributed by atoms with Crippen LogP contribution in [0.2, 0.25) is 0 Å². The summed E-state index contributed by atoms with van der Waals surface area (Å²) in [7, 11) is 0. The third kappa shape index (κ3) is 3.31. The van der Waals surface area contributed by atoms with Gasteiger partial charge in [0.25, 0.3) is 0 Å². The van der Waals surface area contributed by atoms with Crippen LogP contribution in [-0.2, 0) is 0 Å². The van der Waals surface area contributed by atoms with Crippen molar-refractivity contribution in [1.82, 2.24) is 4.98 Å². The van der Waals surface area contributed by atoms with E-state index in [2.05, 4.69) is 30.1 Å². The molecular formula is C18H16NOS. The van der Waals surface area contributed by atoms with Crippen LogP contribution < -0.4 is 4.74 Å². The summed E-state index contributed by atoms with van der Waals surface area (Å²) in [5.41, 5.74) is 2.28. The molecule has 0 spiro atoms. The number of ether oxygens (including phenoxy) is 1. The molecule has 0 atom stereocenters. The van der Waals surface area contributed by atoms with Gasteiger partial charge in [0.05, 0.1) is 11.5 Å². The fourth-order valence-electron chi connectivity index (χ4n) is 2.03. The highest BCUT2D eigenvalue weighted by Gasteiger charge is 2.07. The van der Waals surface area contributed by atoms with Crippen molar-refractivity contribution < 1.29 is 4.74 Å². The predicted molar refractivity (Wildman–Crippen MR) is 87.6 cm³/mol. The van der Waals surface area contributed by atoms with E-state index in [-0.39, 0.29) is 0 Å². The molecule has 0 amide bonds. The lowest BCUT2D eigenvalue weighted by Crippen LogP contribution is -1.94. The molecule has 0 fully saturated rings. The number of benzene rings is 2. The van der Waals surface area contributed by atoms with Gasteiger partial charge >= 0.3 is 0 Å². The smallest absolute Gasteiger partial charge is 0.123 e. The lowest BCUT2D eigenvalue weighted by atomic mass is 10.2. The Kier molecular flexibility index (Phi) is 4.31. The first-order valence-corrected chi connectivity index (χ1v) is 7.84. The summed E-state index contributed by atoms with van der Waals surface area (Å²) in [5.74, 6) is 0.915. The molecule has 0 aliphatic rings. The number of aromatic nitrogens is 1. The molecule has 0 aliphatic heterocycles. The lowest BCUT2D eigenvalue weighted by molar-refractivity contribution is 0.317. The SMILES string of the molecule is CCCOc1cccc(-c2cnc(-c3cc[c]cc3)s2)c1. The molecule has 0 unspecified atom stereocenters. The molecule has 2 nitrogen and oxygen atoms in total. The molecule has 0 N–H and O–H groups in total. The largest absolute Gasteiger partial charge is 0.494 e. The van der Waals surface area contributed by atoms with Crippen molar-refractivity contribution in [3.05, 3.63) is 60.8 Å². The third-order valence-electron chi connectivity index (χ3n) is 3.06. The van der Waals surface area contributed by atoms with Crippen molar-refractivity contribution in [3.63, 3.8) is 0 Å². The summed E-state index contributed by atoms with van der Waals surface area (Å²) in [6.45, 7) is 2.86. The van der Waals surface area contributed by atoms with Crippen molar-refractivity contribution in [2.45, 2.75) is 13.3 Å². The summed E-state index contributed by atoms with van der Waals surface area (Å²) in [4.78, 5) is 5.67. The van der Waals surface area contributed by atoms with Crippen LogP contribution in [0.4, 0.5) is 0 Å². The van der Waals surface area contributed by atoms with Crippen LogP contribution in [0.3, 0.4) is 0 Å². The second-order valence-electron chi connectivity index (χ2n) is 4.69. The first-order valence-electron chi connectivity index (χ1n) is 7.02. The molecule has 1 aromatic heterocycles. The maximum absolute atomic E-state index is 5.69. The van der Waals surface area contributed by atoms with Gasteiger partial charge in [0.15, 0.2) is 0 Å². The maximum Gasteiger partial charge on any atom is 0.123 e. The van der Waals surface area contributed by atoms with Crippen molar-refractivity contribution in [1.29, 1.82) is 0 Å². The highest BCUT2D eigenvalue weighted by molar-refractivity contribution is 7.18. The van der Waals surface area contributed by atoms with Crippen molar-refractivity contribution in [2.75, 3.05) is 6.61 Å². The van der Waals surface area contributed by atoms with Gasteiger partial charge in [0.2, 0.25) is 0 Å². The van der Waals surface area contributed by atoms with Gasteiger partial charge in [-0.15, -0.1) is 11.3 Å². The highest BCUT2D eigenvalue weighted by atomic mass is 32.1. The minimum absolute atomic E-state index is 0.748. The molecule has 3 heteroatoms. The predicted octanol–water partition coefficient (Wildman–Crippen LogP) is 5.07. The van der Waals surface area contributed by atoms with Gasteiger partial charge in [-0.2, -0.15) is 0 Å². The van der Waals surface area contributed by atoms with Gasteiger partial charge in [-0.25, -0.2) is 4.98 Å². The van der Waals surface area contributed by atoms with Crippen molar-refractivity contribution in [3.8, 4) is 26.8 Å². The van der Waals surface area contributed by atoms with Crippen LogP contribution in [-0.4, -0.2) is 11.6 Å². The van der Waals surface area contributed by atoms with E-state index in [0.717, 1.165) is 39.8 Å². The minimum atomic E-state index is 0.748. The zero-order valence-electron chi connectivity index (χ0n) is 11.9. The van der Waals surface area contributed by atoms with E-state index >= 15 is 0 Å². The molecule has 0 saturated carbocycles. The molecule has 3 aromatic rings. The van der Waals surface area contributed by atoms with Gasteiger partial charge in [0, 0.05) is 11.8 Å². The normalized spacial score (nSPS) is 10.5. The van der Waals surface area contributed by atoms with Gasteiger partial charge in [-0.3, -0.25) is 0 Å². The molecule has 1 radical (unpaired) electrons. The van der Waals surface area contributed by atoms with Gasteiger partial charge in [-0.05, 0) is 30.2 Å². The molecule has 0 aliphatic carbocycles. The Balaban J connectivity index is 1.86. The molecule has 0 saturated heterocycles. The Bertz CT molecular complexity index is 706. The van der Waals surface area contributed by atoms with Crippen molar-refractivity contribution >= 4 is 11.3 Å². The maximum atomic E-state index is 5.69. The topological polar surface area (TPSA) is 22.1 Å². The fourth-order valence-corrected chi connectivity index (χ4v) is 2.95. The van der Waals surface area contributed by atoms with E-state index in [9.17, 15) is 0 Å². The lowest BCUT2D eigenvalue weighted by Gasteiger charge is -2.05. The fraction of sp³-hybridized carbons (Fsp3) is 0.167. The number of thiazole rings is 1. The number of hydrogen-bond donors (Lipinski definition) is 0. The second kappa shape index (κ2) is 6.55. The first-order chi connectivity index (χ1) is 10.4. The number of hydrogen-bond acceptors (Lipinski definition) is 3. The summed E-state index contributed by atoms with van der Waals surface area (Å²) >= 11 is 1.69. The number of rotatable bonds is 5. The van der Waals surface area contributed by atoms with Gasteiger partial charge in [0.1, 0.15) is 10.8 Å². The standard InChI is InChI=1S/C18H16NOS/c1-2-11-20-16-10-6-9-15(12-16)17-13-19-18(21-17)14-7-4-3-5-8-14/h4-10,12-13H,2,11H2,1H3. The Hall–Kier alpha value is -2.13. The van der Waals surface area contributed by atoms with Crippen LogP contribution in [0.25, 0.3) is 21.0 Å².